The van der Waals surface area contributed by atoms with Crippen LogP contribution in [0.25, 0.3) is 11.2 Å². The van der Waals surface area contributed by atoms with Gasteiger partial charge in [0.25, 0.3) is 0 Å². The number of imidazole rings is 1. The summed E-state index contributed by atoms with van der Waals surface area (Å²) in [4.78, 5) is 3.36. The lowest BCUT2D eigenvalue weighted by atomic mass is 10.2. The van der Waals surface area contributed by atoms with Crippen LogP contribution in [0.2, 0.25) is 0 Å². The molecule has 0 radical (unpaired) electrons. The van der Waals surface area contributed by atoms with Gasteiger partial charge in [-0.2, -0.15) is 16.9 Å². The highest BCUT2D eigenvalue weighted by Crippen LogP contribution is 2.38. The van der Waals surface area contributed by atoms with Crippen LogP contribution in [-0.2, 0) is 13.5 Å². The number of hydrogen-bond acceptors (Lipinski definition) is 3. The zero-order valence-corrected chi connectivity index (χ0v) is 13.3. The summed E-state index contributed by atoms with van der Waals surface area (Å²) in [7, 11) is 2.02. The van der Waals surface area contributed by atoms with Crippen LogP contribution in [0.4, 0.5) is 0 Å². The Labute approximate surface area is 122 Å². The van der Waals surface area contributed by atoms with Crippen LogP contribution in [0.5, 0.6) is 0 Å². The van der Waals surface area contributed by atoms with Crippen LogP contribution < -0.4 is 0 Å². The summed E-state index contributed by atoms with van der Waals surface area (Å²) in [5, 5.41) is 5.37. The number of H-pyrrole nitrogens is 1. The number of aromatic amines is 1. The number of aryl methyl sites for hydroxylation is 2. The molecule has 0 spiro atoms. The van der Waals surface area contributed by atoms with E-state index in [0.717, 1.165) is 33.3 Å². The number of thioether (sulfide) groups is 1. The van der Waals surface area contributed by atoms with Gasteiger partial charge < -0.3 is 4.98 Å². The van der Waals surface area contributed by atoms with E-state index in [1.807, 2.05) is 23.5 Å². The maximum absolute atomic E-state index is 5.54. The predicted molar refractivity (Wildman–Crippen MR) is 83.5 cm³/mol. The molecule has 0 aromatic carbocycles. The van der Waals surface area contributed by atoms with Crippen molar-refractivity contribution in [2.24, 2.45) is 7.05 Å². The fourth-order valence-electron chi connectivity index (χ4n) is 3.19. The van der Waals surface area contributed by atoms with Crippen molar-refractivity contribution in [3.63, 3.8) is 0 Å². The summed E-state index contributed by atoms with van der Waals surface area (Å²) < 4.78 is 5.13. The van der Waals surface area contributed by atoms with Crippen LogP contribution in [0, 0.1) is 4.77 Å². The summed E-state index contributed by atoms with van der Waals surface area (Å²) in [5.74, 6) is 0. The van der Waals surface area contributed by atoms with Crippen LogP contribution in [0.1, 0.15) is 37.9 Å². The van der Waals surface area contributed by atoms with Gasteiger partial charge in [0, 0.05) is 18.3 Å². The second-order valence-electron chi connectivity index (χ2n) is 5.25. The van der Waals surface area contributed by atoms with Crippen LogP contribution in [0.15, 0.2) is 0 Å². The molecule has 0 bridgehead atoms. The molecule has 2 heterocycles. The summed E-state index contributed by atoms with van der Waals surface area (Å²) in [5.41, 5.74) is 3.40. The van der Waals surface area contributed by atoms with Gasteiger partial charge >= 0.3 is 0 Å². The Morgan fingerprint density at radius 2 is 2.26 bits per heavy atom. The molecule has 0 amide bonds. The second kappa shape index (κ2) is 4.98. The highest BCUT2D eigenvalue weighted by Gasteiger charge is 2.28. The van der Waals surface area contributed by atoms with Gasteiger partial charge in [0.1, 0.15) is 5.52 Å². The van der Waals surface area contributed by atoms with E-state index in [2.05, 4.69) is 27.8 Å². The Bertz CT molecular complexity index is 651. The standard InChI is InChI=1S/C13H20N4S2/c1-4-10-11-12(16(2)15-10)17(13(18)14-11)8-5-6-9(7-8)19-3/h8-9H,4-7H2,1-3H3,(H,14,18). The minimum atomic E-state index is 0.527. The number of rotatable bonds is 3. The van der Waals surface area contributed by atoms with Crippen molar-refractivity contribution in [1.82, 2.24) is 19.3 Å². The molecule has 2 atom stereocenters. The first-order valence-corrected chi connectivity index (χ1v) is 8.54. The van der Waals surface area contributed by atoms with E-state index in [-0.39, 0.29) is 0 Å². The molecule has 1 aliphatic carbocycles. The molecule has 6 heteroatoms. The zero-order valence-electron chi connectivity index (χ0n) is 11.6. The summed E-state index contributed by atoms with van der Waals surface area (Å²) in [6.07, 6.45) is 6.87. The maximum Gasteiger partial charge on any atom is 0.179 e. The van der Waals surface area contributed by atoms with Gasteiger partial charge in [-0.05, 0) is 44.2 Å². The molecule has 1 fully saturated rings. The molecule has 19 heavy (non-hydrogen) atoms. The van der Waals surface area contributed by atoms with E-state index < -0.39 is 0 Å². The fraction of sp³-hybridized carbons (Fsp3) is 0.692. The smallest absolute Gasteiger partial charge is 0.179 e. The number of nitrogens with one attached hydrogen (secondary N) is 1. The van der Waals surface area contributed by atoms with Crippen molar-refractivity contribution in [3.05, 3.63) is 10.5 Å². The fourth-order valence-corrected chi connectivity index (χ4v) is 4.31. The Hall–Kier alpha value is -0.750. The molecular formula is C13H20N4S2. The SMILES string of the molecule is CCc1nn(C)c2c1[nH]c(=S)n2C1CCC(SC)C1. The van der Waals surface area contributed by atoms with Gasteiger partial charge in [-0.1, -0.05) is 6.92 Å². The molecule has 0 saturated heterocycles. The quantitative estimate of drug-likeness (QED) is 0.882. The van der Waals surface area contributed by atoms with Crippen LogP contribution in [0.3, 0.4) is 0 Å². The van der Waals surface area contributed by atoms with Crippen LogP contribution >= 0.6 is 24.0 Å². The maximum atomic E-state index is 5.54. The first kappa shape index (κ1) is 13.2. The molecule has 3 rings (SSSR count). The zero-order chi connectivity index (χ0) is 13.6. The van der Waals surface area contributed by atoms with E-state index >= 15 is 0 Å². The van der Waals surface area contributed by atoms with Gasteiger partial charge in [0.2, 0.25) is 0 Å². The molecule has 2 aromatic heterocycles. The topological polar surface area (TPSA) is 38.5 Å². The minimum Gasteiger partial charge on any atom is -0.328 e. The Kier molecular flexibility index (Phi) is 3.47. The van der Waals surface area contributed by atoms with E-state index in [1.54, 1.807) is 0 Å². The van der Waals surface area contributed by atoms with Crippen molar-refractivity contribution in [3.8, 4) is 0 Å². The van der Waals surface area contributed by atoms with Crippen molar-refractivity contribution < 1.29 is 0 Å². The molecule has 0 aliphatic heterocycles. The lowest BCUT2D eigenvalue weighted by Gasteiger charge is -2.13. The molecule has 2 unspecified atom stereocenters. The number of hydrogen-bond donors (Lipinski definition) is 1. The Balaban J connectivity index is 2.11. The second-order valence-corrected chi connectivity index (χ2v) is 6.77. The third-order valence-corrected chi connectivity index (χ3v) is 5.55. The average molecular weight is 296 g/mol. The van der Waals surface area contributed by atoms with Gasteiger partial charge in [0.05, 0.1) is 5.69 Å². The van der Waals surface area contributed by atoms with Gasteiger partial charge in [-0.3, -0.25) is 9.25 Å². The Morgan fingerprint density at radius 1 is 1.47 bits per heavy atom. The van der Waals surface area contributed by atoms with Crippen molar-refractivity contribution in [2.45, 2.75) is 43.9 Å². The predicted octanol–water partition coefficient (Wildman–Crippen LogP) is 3.45. The first-order valence-electron chi connectivity index (χ1n) is 6.84. The third kappa shape index (κ3) is 2.05. The van der Waals surface area contributed by atoms with E-state index in [0.29, 0.717) is 6.04 Å². The first-order chi connectivity index (χ1) is 9.15. The molecule has 104 valence electrons. The van der Waals surface area contributed by atoms with Crippen molar-refractivity contribution in [2.75, 3.05) is 6.26 Å². The highest BCUT2D eigenvalue weighted by atomic mass is 32.2. The van der Waals surface area contributed by atoms with Gasteiger partial charge in [-0.25, -0.2) is 0 Å². The monoisotopic (exact) mass is 296 g/mol. The normalized spacial score (nSPS) is 23.5. The summed E-state index contributed by atoms with van der Waals surface area (Å²) in [6.45, 7) is 2.13. The average Bonchev–Trinajstić information content (AvgIpc) is 3.05. The molecule has 1 saturated carbocycles. The molecule has 2 aromatic rings. The van der Waals surface area contributed by atoms with Crippen molar-refractivity contribution in [1.29, 1.82) is 0 Å². The number of fused-ring (bicyclic) bond motifs is 1. The molecule has 4 nitrogen and oxygen atoms in total. The number of nitrogens with zero attached hydrogens (tertiary/aromatic N) is 3. The third-order valence-electron chi connectivity index (χ3n) is 4.16. The lowest BCUT2D eigenvalue weighted by molar-refractivity contribution is 0.515. The van der Waals surface area contributed by atoms with Gasteiger partial charge in [-0.15, -0.1) is 0 Å². The highest BCUT2D eigenvalue weighted by molar-refractivity contribution is 7.99. The molecular weight excluding hydrogens is 276 g/mol. The number of aromatic nitrogens is 4. The van der Waals surface area contributed by atoms with Crippen molar-refractivity contribution >= 4 is 35.1 Å². The largest absolute Gasteiger partial charge is 0.328 e. The van der Waals surface area contributed by atoms with E-state index in [4.69, 9.17) is 12.2 Å². The summed E-state index contributed by atoms with van der Waals surface area (Å²) >= 11 is 7.52. The lowest BCUT2D eigenvalue weighted by Crippen LogP contribution is -2.09. The Morgan fingerprint density at radius 3 is 2.89 bits per heavy atom. The molecule has 1 N–H and O–H groups in total. The van der Waals surface area contributed by atoms with Crippen LogP contribution in [-0.4, -0.2) is 30.8 Å². The summed E-state index contributed by atoms with van der Waals surface area (Å²) in [6, 6.07) is 0.527. The van der Waals surface area contributed by atoms with E-state index in [9.17, 15) is 0 Å². The molecule has 1 aliphatic rings. The van der Waals surface area contributed by atoms with Gasteiger partial charge in [0.15, 0.2) is 10.4 Å². The van der Waals surface area contributed by atoms with E-state index in [1.165, 1.54) is 19.3 Å². The minimum absolute atomic E-state index is 0.527.